The molecule has 0 radical (unpaired) electrons. The molecule has 8 nitrogen and oxygen atoms in total. The number of urea groups is 1. The number of hydrogen-bond donors (Lipinski definition) is 1. The number of benzene rings is 2. The number of piperidine rings is 1. The molecule has 1 aliphatic heterocycles. The summed E-state index contributed by atoms with van der Waals surface area (Å²) in [6, 6.07) is 17.5. The molecule has 1 saturated heterocycles. The highest BCUT2D eigenvalue weighted by Gasteiger charge is 2.28. The van der Waals surface area contributed by atoms with E-state index < -0.39 is 0 Å². The molecule has 32 heavy (non-hydrogen) atoms. The van der Waals surface area contributed by atoms with Crippen LogP contribution in [0.4, 0.5) is 4.79 Å². The van der Waals surface area contributed by atoms with E-state index in [0.29, 0.717) is 18.2 Å². The number of rotatable bonds is 5. The van der Waals surface area contributed by atoms with E-state index in [1.54, 1.807) is 19.1 Å². The van der Waals surface area contributed by atoms with E-state index in [1.807, 2.05) is 53.2 Å². The minimum absolute atomic E-state index is 0.219. The number of likely N-dealkylation sites (tertiary alicyclic amines) is 1. The van der Waals surface area contributed by atoms with E-state index in [4.69, 9.17) is 14.6 Å². The van der Waals surface area contributed by atoms with Gasteiger partial charge >= 0.3 is 6.03 Å². The summed E-state index contributed by atoms with van der Waals surface area (Å²) in [7, 11) is 4.66. The summed E-state index contributed by atoms with van der Waals surface area (Å²) >= 11 is 0. The number of hydrogen-bond acceptors (Lipinski definition) is 5. The van der Waals surface area contributed by atoms with Gasteiger partial charge in [-0.3, -0.25) is 5.21 Å². The predicted molar refractivity (Wildman–Crippen MR) is 121 cm³/mol. The smallest absolute Gasteiger partial charge is 0.343 e. The van der Waals surface area contributed by atoms with Gasteiger partial charge in [-0.1, -0.05) is 12.1 Å². The number of carbonyl (C=O) groups excluding carboxylic acids is 1. The van der Waals surface area contributed by atoms with E-state index in [-0.39, 0.29) is 11.9 Å². The van der Waals surface area contributed by atoms with Gasteiger partial charge in [-0.05, 0) is 55.3 Å². The lowest BCUT2D eigenvalue weighted by atomic mass is 9.93. The van der Waals surface area contributed by atoms with Crippen LogP contribution in [0.3, 0.4) is 0 Å². The van der Waals surface area contributed by atoms with Crippen LogP contribution in [0.1, 0.15) is 24.5 Å². The molecule has 168 valence electrons. The molecular weight excluding hydrogens is 408 g/mol. The summed E-state index contributed by atoms with van der Waals surface area (Å²) in [5, 5.41) is 15.1. The third-order valence-electron chi connectivity index (χ3n) is 5.89. The molecule has 1 fully saturated rings. The zero-order valence-electron chi connectivity index (χ0n) is 18.6. The fourth-order valence-corrected chi connectivity index (χ4v) is 4.13. The van der Waals surface area contributed by atoms with Crippen LogP contribution in [0.15, 0.2) is 54.6 Å². The first-order valence-electron chi connectivity index (χ1n) is 10.6. The zero-order chi connectivity index (χ0) is 22.7. The quantitative estimate of drug-likeness (QED) is 0.480. The summed E-state index contributed by atoms with van der Waals surface area (Å²) in [5.74, 6) is 1.75. The van der Waals surface area contributed by atoms with Crippen LogP contribution < -0.4 is 9.47 Å². The fraction of sp³-hybridized carbons (Fsp3) is 0.333. The standard InChI is InChI=1S/C24H28N4O4/c1-26(30)24(29)27-14-12-17(13-15-27)20-16-22(18-8-10-19(31-2)11-9-18)28(25-20)21-6-4-5-7-23(21)32-3/h4-11,16-17,30H,12-15H2,1-3H3. The molecule has 0 saturated carbocycles. The van der Waals surface area contributed by atoms with Crippen LogP contribution in [0.5, 0.6) is 11.5 Å². The van der Waals surface area contributed by atoms with Gasteiger partial charge in [-0.15, -0.1) is 0 Å². The van der Waals surface area contributed by atoms with Crippen molar-refractivity contribution in [2.45, 2.75) is 18.8 Å². The maximum absolute atomic E-state index is 12.1. The van der Waals surface area contributed by atoms with Crippen LogP contribution in [0, 0.1) is 0 Å². The molecule has 0 spiro atoms. The molecule has 1 N–H and O–H groups in total. The van der Waals surface area contributed by atoms with Gasteiger partial charge in [0.15, 0.2) is 0 Å². The molecule has 0 bridgehead atoms. The van der Waals surface area contributed by atoms with Gasteiger partial charge < -0.3 is 14.4 Å². The van der Waals surface area contributed by atoms with E-state index >= 15 is 0 Å². The zero-order valence-corrected chi connectivity index (χ0v) is 18.6. The van der Waals surface area contributed by atoms with Crippen LogP contribution >= 0.6 is 0 Å². The number of nitrogens with zero attached hydrogens (tertiary/aromatic N) is 4. The Morgan fingerprint density at radius 1 is 1.06 bits per heavy atom. The van der Waals surface area contributed by atoms with Gasteiger partial charge in [-0.25, -0.2) is 14.5 Å². The van der Waals surface area contributed by atoms with Gasteiger partial charge in [0.05, 0.1) is 25.6 Å². The van der Waals surface area contributed by atoms with Crippen molar-refractivity contribution in [3.8, 4) is 28.4 Å². The second-order valence-corrected chi connectivity index (χ2v) is 7.83. The number of carbonyl (C=O) groups is 1. The Morgan fingerprint density at radius 3 is 2.38 bits per heavy atom. The SMILES string of the molecule is COc1ccc(-c2cc(C3CCN(C(=O)N(C)O)CC3)nn2-c2ccccc2OC)cc1. The first-order valence-corrected chi connectivity index (χ1v) is 10.6. The minimum Gasteiger partial charge on any atom is -0.497 e. The van der Waals surface area contributed by atoms with Crippen molar-refractivity contribution < 1.29 is 19.5 Å². The molecular formula is C24H28N4O4. The molecule has 4 rings (SSSR count). The van der Waals surface area contributed by atoms with Gasteiger partial charge in [0.2, 0.25) is 0 Å². The second-order valence-electron chi connectivity index (χ2n) is 7.83. The van der Waals surface area contributed by atoms with E-state index in [1.165, 1.54) is 7.05 Å². The van der Waals surface area contributed by atoms with Crippen molar-refractivity contribution >= 4 is 6.03 Å². The average Bonchev–Trinajstić information content (AvgIpc) is 3.29. The van der Waals surface area contributed by atoms with Crippen LogP contribution in [-0.2, 0) is 0 Å². The van der Waals surface area contributed by atoms with Crippen molar-refractivity contribution in [2.75, 3.05) is 34.4 Å². The summed E-state index contributed by atoms with van der Waals surface area (Å²) in [4.78, 5) is 13.7. The summed E-state index contributed by atoms with van der Waals surface area (Å²) in [6.07, 6.45) is 1.56. The maximum Gasteiger partial charge on any atom is 0.343 e. The van der Waals surface area contributed by atoms with Crippen molar-refractivity contribution in [1.82, 2.24) is 19.7 Å². The number of amides is 2. The molecule has 3 aromatic rings. The number of para-hydroxylation sites is 2. The fourth-order valence-electron chi connectivity index (χ4n) is 4.13. The molecule has 2 heterocycles. The lowest BCUT2D eigenvalue weighted by Gasteiger charge is -2.32. The normalized spacial score (nSPS) is 14.3. The highest BCUT2D eigenvalue weighted by molar-refractivity contribution is 5.73. The number of methoxy groups -OCH3 is 2. The molecule has 8 heteroatoms. The highest BCUT2D eigenvalue weighted by atomic mass is 16.5. The predicted octanol–water partition coefficient (Wildman–Crippen LogP) is 4.18. The maximum atomic E-state index is 12.1. The van der Waals surface area contributed by atoms with E-state index in [2.05, 4.69) is 6.07 Å². The van der Waals surface area contributed by atoms with Crippen LogP contribution in [-0.4, -0.2) is 65.3 Å². The molecule has 1 aromatic heterocycles. The summed E-state index contributed by atoms with van der Waals surface area (Å²) in [6.45, 7) is 1.15. The Hall–Kier alpha value is -3.52. The topological polar surface area (TPSA) is 80.1 Å². The second kappa shape index (κ2) is 9.32. The summed E-state index contributed by atoms with van der Waals surface area (Å²) in [5.41, 5.74) is 3.82. The third kappa shape index (κ3) is 4.27. The third-order valence-corrected chi connectivity index (χ3v) is 5.89. The van der Waals surface area contributed by atoms with Crippen LogP contribution in [0.2, 0.25) is 0 Å². The van der Waals surface area contributed by atoms with Gasteiger partial charge in [0.25, 0.3) is 0 Å². The van der Waals surface area contributed by atoms with Crippen molar-refractivity contribution in [2.24, 2.45) is 0 Å². The lowest BCUT2D eigenvalue weighted by molar-refractivity contribution is -0.0356. The summed E-state index contributed by atoms with van der Waals surface area (Å²) < 4.78 is 12.8. The number of aromatic nitrogens is 2. The molecule has 0 unspecified atom stereocenters. The molecule has 1 aliphatic rings. The van der Waals surface area contributed by atoms with Crippen molar-refractivity contribution in [3.05, 3.63) is 60.3 Å². The Labute approximate surface area is 187 Å². The average molecular weight is 437 g/mol. The highest BCUT2D eigenvalue weighted by Crippen LogP contribution is 2.34. The van der Waals surface area contributed by atoms with Crippen molar-refractivity contribution in [1.29, 1.82) is 0 Å². The molecule has 2 amide bonds. The van der Waals surface area contributed by atoms with Crippen LogP contribution in [0.25, 0.3) is 16.9 Å². The molecule has 0 aliphatic carbocycles. The monoisotopic (exact) mass is 436 g/mol. The van der Waals surface area contributed by atoms with Gasteiger partial charge in [0.1, 0.15) is 17.2 Å². The van der Waals surface area contributed by atoms with E-state index in [9.17, 15) is 10.0 Å². The lowest BCUT2D eigenvalue weighted by Crippen LogP contribution is -2.43. The first kappa shape index (κ1) is 21.7. The number of ether oxygens (including phenoxy) is 2. The van der Waals surface area contributed by atoms with E-state index in [0.717, 1.165) is 47.0 Å². The largest absolute Gasteiger partial charge is 0.497 e. The Bertz CT molecular complexity index is 1070. The Kier molecular flexibility index (Phi) is 6.32. The molecule has 0 atom stereocenters. The number of hydroxylamine groups is 2. The van der Waals surface area contributed by atoms with Gasteiger partial charge in [-0.2, -0.15) is 5.10 Å². The Morgan fingerprint density at radius 2 is 1.75 bits per heavy atom. The minimum atomic E-state index is -0.373. The van der Waals surface area contributed by atoms with Crippen molar-refractivity contribution in [3.63, 3.8) is 0 Å². The van der Waals surface area contributed by atoms with Gasteiger partial charge in [0, 0.05) is 31.6 Å². The Balaban J connectivity index is 1.69. The first-order chi connectivity index (χ1) is 15.5. The molecule has 2 aromatic carbocycles.